The molecule has 1 unspecified atom stereocenters. The van der Waals surface area contributed by atoms with Crippen LogP contribution in [0.2, 0.25) is 0 Å². The largest absolute Gasteiger partial charge is 0.345 e. The SMILES string of the molecule is O=C1c2ccccc2C2(c3ccc(F)cc3)OCCN12. The van der Waals surface area contributed by atoms with Crippen LogP contribution in [0.3, 0.4) is 0 Å². The van der Waals surface area contributed by atoms with Crippen molar-refractivity contribution in [3.8, 4) is 0 Å². The van der Waals surface area contributed by atoms with Crippen molar-refractivity contribution in [2.75, 3.05) is 13.2 Å². The topological polar surface area (TPSA) is 29.5 Å². The standard InChI is InChI=1S/C16H12FNO2/c17-12-7-5-11(6-8-12)16-14-4-2-1-3-13(14)15(19)18(16)9-10-20-16/h1-8H,9-10H2. The van der Waals surface area contributed by atoms with Gasteiger partial charge in [-0.05, 0) is 18.2 Å². The maximum absolute atomic E-state index is 13.2. The molecule has 0 N–H and O–H groups in total. The van der Waals surface area contributed by atoms with Gasteiger partial charge in [-0.25, -0.2) is 4.39 Å². The zero-order chi connectivity index (χ0) is 13.7. The molecule has 1 fully saturated rings. The predicted octanol–water partition coefficient (Wildman–Crippen LogP) is 2.51. The van der Waals surface area contributed by atoms with Gasteiger partial charge in [-0.15, -0.1) is 0 Å². The molecule has 1 atom stereocenters. The van der Waals surface area contributed by atoms with Crippen molar-refractivity contribution in [2.45, 2.75) is 5.72 Å². The molecule has 4 heteroatoms. The van der Waals surface area contributed by atoms with E-state index in [4.69, 9.17) is 4.74 Å². The summed E-state index contributed by atoms with van der Waals surface area (Å²) < 4.78 is 19.1. The summed E-state index contributed by atoms with van der Waals surface area (Å²) in [5.74, 6) is -0.324. The highest BCUT2D eigenvalue weighted by Crippen LogP contribution is 2.47. The molecule has 2 aliphatic rings. The Morgan fingerprint density at radius 3 is 2.65 bits per heavy atom. The fourth-order valence-corrected chi connectivity index (χ4v) is 3.17. The molecule has 1 amide bonds. The van der Waals surface area contributed by atoms with Crippen LogP contribution in [0.4, 0.5) is 4.39 Å². The van der Waals surface area contributed by atoms with E-state index in [2.05, 4.69) is 0 Å². The summed E-state index contributed by atoms with van der Waals surface area (Å²) in [6.45, 7) is 1.03. The zero-order valence-corrected chi connectivity index (χ0v) is 10.7. The number of benzene rings is 2. The number of carbonyl (C=O) groups is 1. The summed E-state index contributed by atoms with van der Waals surface area (Å²) in [5, 5.41) is 0. The second-order valence-electron chi connectivity index (χ2n) is 5.00. The quantitative estimate of drug-likeness (QED) is 0.796. The van der Waals surface area contributed by atoms with Crippen molar-refractivity contribution >= 4 is 5.91 Å². The minimum absolute atomic E-state index is 0.0255. The number of carbonyl (C=O) groups excluding carboxylic acids is 1. The number of amides is 1. The summed E-state index contributed by atoms with van der Waals surface area (Å²) in [7, 11) is 0. The fourth-order valence-electron chi connectivity index (χ4n) is 3.17. The summed E-state index contributed by atoms with van der Waals surface area (Å²) >= 11 is 0. The van der Waals surface area contributed by atoms with Crippen molar-refractivity contribution in [3.63, 3.8) is 0 Å². The minimum Gasteiger partial charge on any atom is -0.345 e. The molecular formula is C16H12FNO2. The summed E-state index contributed by atoms with van der Waals surface area (Å²) in [6.07, 6.45) is 0. The molecule has 0 saturated carbocycles. The Morgan fingerprint density at radius 2 is 1.85 bits per heavy atom. The van der Waals surface area contributed by atoms with Gasteiger partial charge in [0, 0.05) is 23.2 Å². The van der Waals surface area contributed by atoms with Crippen LogP contribution in [0.25, 0.3) is 0 Å². The first kappa shape index (κ1) is 11.6. The fraction of sp³-hybridized carbons (Fsp3) is 0.188. The summed E-state index contributed by atoms with van der Waals surface area (Å²) in [5.41, 5.74) is 1.40. The number of ether oxygens (including phenoxy) is 1. The van der Waals surface area contributed by atoms with Gasteiger partial charge < -0.3 is 4.74 Å². The van der Waals surface area contributed by atoms with E-state index in [0.29, 0.717) is 18.7 Å². The second-order valence-corrected chi connectivity index (χ2v) is 5.00. The first-order valence-corrected chi connectivity index (χ1v) is 6.55. The van der Waals surface area contributed by atoms with Crippen LogP contribution >= 0.6 is 0 Å². The van der Waals surface area contributed by atoms with Crippen LogP contribution in [0.15, 0.2) is 48.5 Å². The van der Waals surface area contributed by atoms with Gasteiger partial charge in [0.05, 0.1) is 6.61 Å². The molecule has 0 aliphatic carbocycles. The highest BCUT2D eigenvalue weighted by molar-refractivity contribution is 6.00. The van der Waals surface area contributed by atoms with E-state index in [1.807, 2.05) is 24.3 Å². The van der Waals surface area contributed by atoms with E-state index >= 15 is 0 Å². The summed E-state index contributed by atoms with van der Waals surface area (Å²) in [6, 6.07) is 13.6. The lowest BCUT2D eigenvalue weighted by atomic mass is 9.94. The van der Waals surface area contributed by atoms with Crippen molar-refractivity contribution in [1.82, 2.24) is 4.90 Å². The second kappa shape index (κ2) is 3.90. The van der Waals surface area contributed by atoms with Gasteiger partial charge in [0.1, 0.15) is 5.82 Å². The van der Waals surface area contributed by atoms with Crippen LogP contribution in [0.5, 0.6) is 0 Å². The van der Waals surface area contributed by atoms with Gasteiger partial charge in [0.15, 0.2) is 5.72 Å². The first-order valence-electron chi connectivity index (χ1n) is 6.55. The van der Waals surface area contributed by atoms with Gasteiger partial charge in [0.2, 0.25) is 0 Å². The molecule has 20 heavy (non-hydrogen) atoms. The third kappa shape index (κ3) is 1.29. The lowest BCUT2D eigenvalue weighted by Gasteiger charge is -2.31. The zero-order valence-electron chi connectivity index (χ0n) is 10.7. The molecule has 100 valence electrons. The number of rotatable bonds is 1. The first-order chi connectivity index (χ1) is 9.73. The third-order valence-corrected chi connectivity index (χ3v) is 4.01. The molecule has 0 bridgehead atoms. The van der Waals surface area contributed by atoms with Gasteiger partial charge >= 0.3 is 0 Å². The van der Waals surface area contributed by atoms with Gasteiger partial charge in [-0.2, -0.15) is 0 Å². The van der Waals surface area contributed by atoms with Crippen LogP contribution in [-0.2, 0) is 10.5 Å². The Balaban J connectivity index is 1.99. The number of hydrogen-bond acceptors (Lipinski definition) is 2. The molecule has 2 aromatic rings. The average molecular weight is 269 g/mol. The van der Waals surface area contributed by atoms with Crippen LogP contribution in [0.1, 0.15) is 21.5 Å². The molecule has 2 heterocycles. The van der Waals surface area contributed by atoms with Gasteiger partial charge in [-0.3, -0.25) is 9.69 Å². The highest BCUT2D eigenvalue weighted by atomic mass is 19.1. The molecule has 0 radical (unpaired) electrons. The number of halogens is 1. The minimum atomic E-state index is -0.888. The number of hydrogen-bond donors (Lipinski definition) is 0. The van der Waals surface area contributed by atoms with Crippen LogP contribution in [-0.4, -0.2) is 24.0 Å². The predicted molar refractivity (Wildman–Crippen MR) is 70.6 cm³/mol. The molecule has 4 rings (SSSR count). The number of nitrogens with zero attached hydrogens (tertiary/aromatic N) is 1. The maximum Gasteiger partial charge on any atom is 0.257 e. The number of fused-ring (bicyclic) bond motifs is 3. The van der Waals surface area contributed by atoms with Crippen molar-refractivity contribution in [1.29, 1.82) is 0 Å². The van der Waals surface area contributed by atoms with E-state index in [9.17, 15) is 9.18 Å². The summed E-state index contributed by atoms with van der Waals surface area (Å²) in [4.78, 5) is 14.2. The highest BCUT2D eigenvalue weighted by Gasteiger charge is 2.54. The molecule has 3 nitrogen and oxygen atoms in total. The van der Waals surface area contributed by atoms with Gasteiger partial charge in [-0.1, -0.05) is 30.3 Å². The van der Waals surface area contributed by atoms with Crippen LogP contribution < -0.4 is 0 Å². The molecule has 2 aliphatic heterocycles. The lowest BCUT2D eigenvalue weighted by Crippen LogP contribution is -2.40. The Labute approximate surface area is 115 Å². The van der Waals surface area contributed by atoms with Crippen molar-refractivity contribution in [3.05, 3.63) is 71.0 Å². The third-order valence-electron chi connectivity index (χ3n) is 4.01. The average Bonchev–Trinajstić information content (AvgIpc) is 3.01. The smallest absolute Gasteiger partial charge is 0.257 e. The molecule has 2 aromatic carbocycles. The van der Waals surface area contributed by atoms with Crippen LogP contribution in [0, 0.1) is 5.82 Å². The van der Waals surface area contributed by atoms with Gasteiger partial charge in [0.25, 0.3) is 5.91 Å². The molecular weight excluding hydrogens is 257 g/mol. The Hall–Kier alpha value is -2.20. The maximum atomic E-state index is 13.2. The van der Waals surface area contributed by atoms with E-state index in [1.165, 1.54) is 12.1 Å². The molecule has 1 saturated heterocycles. The van der Waals surface area contributed by atoms with Crippen molar-refractivity contribution < 1.29 is 13.9 Å². The van der Waals surface area contributed by atoms with E-state index in [-0.39, 0.29) is 11.7 Å². The van der Waals surface area contributed by atoms with E-state index < -0.39 is 5.72 Å². The van der Waals surface area contributed by atoms with E-state index in [1.54, 1.807) is 17.0 Å². The Kier molecular flexibility index (Phi) is 2.26. The lowest BCUT2D eigenvalue weighted by molar-refractivity contribution is -0.0304. The monoisotopic (exact) mass is 269 g/mol. The van der Waals surface area contributed by atoms with E-state index in [0.717, 1.165) is 11.1 Å². The van der Waals surface area contributed by atoms with Crippen molar-refractivity contribution in [2.24, 2.45) is 0 Å². The Morgan fingerprint density at radius 1 is 1.10 bits per heavy atom. The molecule has 0 spiro atoms. The Bertz CT molecular complexity index is 698. The normalized spacial score (nSPS) is 23.9. The molecule has 0 aromatic heterocycles.